The van der Waals surface area contributed by atoms with E-state index >= 15 is 0 Å². The molecule has 0 saturated heterocycles. The van der Waals surface area contributed by atoms with Gasteiger partial charge in [-0.2, -0.15) is 4.98 Å². The molecule has 0 aliphatic rings. The van der Waals surface area contributed by atoms with Crippen molar-refractivity contribution in [2.75, 3.05) is 30.4 Å². The predicted molar refractivity (Wildman–Crippen MR) is 62.4 cm³/mol. The molecule has 1 aromatic heterocycles. The second kappa shape index (κ2) is 5.61. The lowest BCUT2D eigenvalue weighted by Crippen LogP contribution is -2.24. The van der Waals surface area contributed by atoms with Gasteiger partial charge in [-0.1, -0.05) is 0 Å². The summed E-state index contributed by atoms with van der Waals surface area (Å²) in [6, 6.07) is 1.69. The van der Waals surface area contributed by atoms with Gasteiger partial charge in [0.25, 0.3) is 0 Å². The number of rotatable bonds is 6. The zero-order valence-corrected chi connectivity index (χ0v) is 9.79. The van der Waals surface area contributed by atoms with Crippen molar-refractivity contribution in [1.29, 1.82) is 0 Å². The number of hydrogen-bond donors (Lipinski definition) is 3. The summed E-state index contributed by atoms with van der Waals surface area (Å²) in [6.45, 7) is 1.01. The number of aromatic nitrogens is 2. The molecule has 0 aliphatic heterocycles. The minimum Gasteiger partial charge on any atom is -0.370 e. The van der Waals surface area contributed by atoms with Crippen LogP contribution in [-0.4, -0.2) is 37.7 Å². The van der Waals surface area contributed by atoms with E-state index in [1.54, 1.807) is 12.3 Å². The number of nitrogens with zero attached hydrogens (tertiary/aromatic N) is 2. The quantitative estimate of drug-likeness (QED) is 0.578. The Balaban J connectivity index is 2.21. The molecule has 0 radical (unpaired) electrons. The standard InChI is InChI=1S/C8H15N5O2S/c1-16(14,15)12-5-2-4-10-7-3-6-11-8(9)13-7/h3,6,12H,2,4-5H2,1H3,(H3,9,10,11,13). The summed E-state index contributed by atoms with van der Waals surface area (Å²) < 4.78 is 23.9. The Kier molecular flexibility index (Phi) is 4.44. The van der Waals surface area contributed by atoms with Gasteiger partial charge < -0.3 is 11.1 Å². The SMILES string of the molecule is CS(=O)(=O)NCCCNc1ccnc(N)n1. The molecule has 4 N–H and O–H groups in total. The molecule has 0 saturated carbocycles. The largest absolute Gasteiger partial charge is 0.370 e. The molecule has 0 spiro atoms. The Morgan fingerprint density at radius 3 is 2.81 bits per heavy atom. The molecule has 16 heavy (non-hydrogen) atoms. The molecule has 0 atom stereocenters. The van der Waals surface area contributed by atoms with Gasteiger partial charge in [-0.3, -0.25) is 0 Å². The van der Waals surface area contributed by atoms with E-state index in [1.807, 2.05) is 0 Å². The molecule has 90 valence electrons. The molecule has 7 nitrogen and oxygen atoms in total. The van der Waals surface area contributed by atoms with Crippen LogP contribution in [-0.2, 0) is 10.0 Å². The number of nitrogen functional groups attached to an aromatic ring is 1. The molecule has 1 aromatic rings. The molecule has 0 aromatic carbocycles. The van der Waals surface area contributed by atoms with Gasteiger partial charge >= 0.3 is 0 Å². The van der Waals surface area contributed by atoms with Crippen LogP contribution in [0.4, 0.5) is 11.8 Å². The van der Waals surface area contributed by atoms with Crippen molar-refractivity contribution < 1.29 is 8.42 Å². The van der Waals surface area contributed by atoms with Gasteiger partial charge in [-0.05, 0) is 12.5 Å². The van der Waals surface area contributed by atoms with Crippen LogP contribution in [0.15, 0.2) is 12.3 Å². The maximum atomic E-state index is 10.7. The van der Waals surface area contributed by atoms with Crippen LogP contribution >= 0.6 is 0 Å². The first-order chi connectivity index (χ1) is 7.47. The van der Waals surface area contributed by atoms with Gasteiger partial charge in [0, 0.05) is 19.3 Å². The monoisotopic (exact) mass is 245 g/mol. The molecule has 1 heterocycles. The highest BCUT2D eigenvalue weighted by molar-refractivity contribution is 7.88. The summed E-state index contributed by atoms with van der Waals surface area (Å²) in [5.74, 6) is 0.839. The fourth-order valence-corrected chi connectivity index (χ4v) is 1.55. The van der Waals surface area contributed by atoms with E-state index in [-0.39, 0.29) is 5.95 Å². The van der Waals surface area contributed by atoms with Crippen LogP contribution in [0, 0.1) is 0 Å². The Bertz CT molecular complexity index is 434. The van der Waals surface area contributed by atoms with E-state index in [0.29, 0.717) is 25.3 Å². The Morgan fingerprint density at radius 2 is 2.19 bits per heavy atom. The summed E-state index contributed by atoms with van der Waals surface area (Å²) in [5, 5.41) is 3.01. The number of anilines is 2. The highest BCUT2D eigenvalue weighted by atomic mass is 32.2. The van der Waals surface area contributed by atoms with Gasteiger partial charge in [-0.25, -0.2) is 18.1 Å². The first kappa shape index (κ1) is 12.7. The van der Waals surface area contributed by atoms with Gasteiger partial charge in [0.05, 0.1) is 6.26 Å². The lowest BCUT2D eigenvalue weighted by atomic mass is 10.4. The lowest BCUT2D eigenvalue weighted by molar-refractivity contribution is 0.586. The maximum Gasteiger partial charge on any atom is 0.221 e. The van der Waals surface area contributed by atoms with Crippen LogP contribution in [0.5, 0.6) is 0 Å². The van der Waals surface area contributed by atoms with Crippen molar-refractivity contribution in [2.45, 2.75) is 6.42 Å². The normalized spacial score (nSPS) is 11.3. The molecular weight excluding hydrogens is 230 g/mol. The summed E-state index contributed by atoms with van der Waals surface area (Å²) in [6.07, 6.45) is 3.35. The maximum absolute atomic E-state index is 10.7. The summed E-state index contributed by atoms with van der Waals surface area (Å²) in [4.78, 5) is 7.69. The third kappa shape index (κ3) is 5.47. The van der Waals surface area contributed by atoms with Crippen LogP contribution in [0.25, 0.3) is 0 Å². The summed E-state index contributed by atoms with van der Waals surface area (Å²) >= 11 is 0. The van der Waals surface area contributed by atoms with Crippen molar-refractivity contribution in [3.8, 4) is 0 Å². The number of hydrogen-bond acceptors (Lipinski definition) is 6. The zero-order chi connectivity index (χ0) is 12.0. The second-order valence-electron chi connectivity index (χ2n) is 3.25. The van der Waals surface area contributed by atoms with Crippen molar-refractivity contribution in [3.63, 3.8) is 0 Å². The molecule has 1 rings (SSSR count). The Morgan fingerprint density at radius 1 is 1.44 bits per heavy atom. The van der Waals surface area contributed by atoms with Gasteiger partial charge in [0.15, 0.2) is 0 Å². The second-order valence-corrected chi connectivity index (χ2v) is 5.08. The van der Waals surface area contributed by atoms with Gasteiger partial charge in [0.1, 0.15) is 5.82 Å². The molecule has 0 amide bonds. The third-order valence-corrected chi connectivity index (χ3v) is 2.43. The van der Waals surface area contributed by atoms with Crippen LogP contribution in [0.3, 0.4) is 0 Å². The molecule has 0 fully saturated rings. The number of sulfonamides is 1. The van der Waals surface area contributed by atoms with E-state index in [0.717, 1.165) is 6.26 Å². The highest BCUT2D eigenvalue weighted by Crippen LogP contribution is 2.01. The van der Waals surface area contributed by atoms with Crippen molar-refractivity contribution in [1.82, 2.24) is 14.7 Å². The average molecular weight is 245 g/mol. The van der Waals surface area contributed by atoms with Crippen molar-refractivity contribution in [3.05, 3.63) is 12.3 Å². The Hall–Kier alpha value is -1.41. The first-order valence-electron chi connectivity index (χ1n) is 4.74. The smallest absolute Gasteiger partial charge is 0.221 e. The Labute approximate surface area is 94.5 Å². The van der Waals surface area contributed by atoms with Crippen LogP contribution < -0.4 is 15.8 Å². The lowest BCUT2D eigenvalue weighted by Gasteiger charge is -2.05. The number of nitrogens with two attached hydrogens (primary N) is 1. The van der Waals surface area contributed by atoms with Crippen molar-refractivity contribution >= 4 is 21.8 Å². The molecule has 8 heteroatoms. The van der Waals surface area contributed by atoms with Crippen molar-refractivity contribution in [2.24, 2.45) is 0 Å². The van der Waals surface area contributed by atoms with Crippen LogP contribution in [0.2, 0.25) is 0 Å². The highest BCUT2D eigenvalue weighted by Gasteiger charge is 1.99. The van der Waals surface area contributed by atoms with E-state index in [1.165, 1.54) is 0 Å². The topological polar surface area (TPSA) is 110 Å². The fraction of sp³-hybridized carbons (Fsp3) is 0.500. The number of nitrogens with one attached hydrogen (secondary N) is 2. The van der Waals surface area contributed by atoms with E-state index in [9.17, 15) is 8.42 Å². The van der Waals surface area contributed by atoms with Gasteiger partial charge in [0.2, 0.25) is 16.0 Å². The third-order valence-electron chi connectivity index (χ3n) is 1.70. The summed E-state index contributed by atoms with van der Waals surface area (Å²) in [5.41, 5.74) is 5.39. The van der Waals surface area contributed by atoms with Gasteiger partial charge in [-0.15, -0.1) is 0 Å². The first-order valence-corrected chi connectivity index (χ1v) is 6.63. The van der Waals surface area contributed by atoms with Crippen LogP contribution in [0.1, 0.15) is 6.42 Å². The molecule has 0 aliphatic carbocycles. The van der Waals surface area contributed by atoms with E-state index in [2.05, 4.69) is 20.0 Å². The molecular formula is C8H15N5O2S. The fourth-order valence-electron chi connectivity index (χ4n) is 1.03. The summed E-state index contributed by atoms with van der Waals surface area (Å²) in [7, 11) is -3.10. The predicted octanol–water partition coefficient (Wildman–Crippen LogP) is -0.590. The molecule has 0 bridgehead atoms. The molecule has 0 unspecified atom stereocenters. The average Bonchev–Trinajstić information content (AvgIpc) is 2.15. The van der Waals surface area contributed by atoms with E-state index < -0.39 is 10.0 Å². The minimum atomic E-state index is -3.10. The minimum absolute atomic E-state index is 0.208. The zero-order valence-electron chi connectivity index (χ0n) is 8.97. The van der Waals surface area contributed by atoms with E-state index in [4.69, 9.17) is 5.73 Å².